The second kappa shape index (κ2) is 9.11. The third kappa shape index (κ3) is 4.67. The molecule has 0 unspecified atom stereocenters. The van der Waals surface area contributed by atoms with E-state index in [9.17, 15) is 14.0 Å². The van der Waals surface area contributed by atoms with Gasteiger partial charge in [-0.15, -0.1) is 0 Å². The van der Waals surface area contributed by atoms with Crippen LogP contribution >= 0.6 is 11.6 Å². The van der Waals surface area contributed by atoms with Crippen LogP contribution in [0.1, 0.15) is 5.69 Å². The Morgan fingerprint density at radius 2 is 1.80 bits per heavy atom. The van der Waals surface area contributed by atoms with Gasteiger partial charge in [-0.3, -0.25) is 9.59 Å². The lowest BCUT2D eigenvalue weighted by Crippen LogP contribution is -2.22. The van der Waals surface area contributed by atoms with Gasteiger partial charge in [0.05, 0.1) is 5.39 Å². The van der Waals surface area contributed by atoms with Crippen molar-refractivity contribution in [1.82, 2.24) is 19.7 Å². The number of nitrogens with one attached hydrogen (secondary N) is 1. The van der Waals surface area contributed by atoms with Gasteiger partial charge in [0.25, 0.3) is 5.89 Å². The highest BCUT2D eigenvalue weighted by molar-refractivity contribution is 6.30. The normalized spacial score (nSPS) is 11.1. The number of fused-ring (bicyclic) bond motifs is 1. The van der Waals surface area contributed by atoms with Crippen molar-refractivity contribution in [2.45, 2.75) is 13.5 Å². The zero-order valence-electron chi connectivity index (χ0n) is 18.3. The van der Waals surface area contributed by atoms with Crippen molar-refractivity contribution in [2.24, 2.45) is 0 Å². The summed E-state index contributed by atoms with van der Waals surface area (Å²) in [4.78, 5) is 34.8. The Bertz CT molecular complexity index is 1610. The maximum absolute atomic E-state index is 13.3. The summed E-state index contributed by atoms with van der Waals surface area (Å²) < 4.78 is 20.1. The van der Waals surface area contributed by atoms with E-state index < -0.39 is 5.82 Å². The van der Waals surface area contributed by atoms with Gasteiger partial charge in [0, 0.05) is 28.2 Å². The van der Waals surface area contributed by atoms with E-state index in [1.54, 1.807) is 47.9 Å². The molecule has 0 saturated carbocycles. The Labute approximate surface area is 203 Å². The van der Waals surface area contributed by atoms with Crippen molar-refractivity contribution in [3.8, 4) is 22.8 Å². The molecule has 10 heteroatoms. The summed E-state index contributed by atoms with van der Waals surface area (Å²) in [6.07, 6.45) is 1.47. The van der Waals surface area contributed by atoms with Crippen LogP contribution < -0.4 is 10.7 Å². The SMILES string of the molecule is Cc1ccc2c(=O)c(-c3nc(-c4ccc(Cl)cc4)no3)cn(CC(=O)Nc3ccc(F)cc3)c2n1. The van der Waals surface area contributed by atoms with Crippen LogP contribution in [0, 0.1) is 12.7 Å². The molecule has 3 aromatic heterocycles. The highest BCUT2D eigenvalue weighted by Crippen LogP contribution is 2.23. The summed E-state index contributed by atoms with van der Waals surface area (Å²) in [6, 6.07) is 15.7. The molecule has 1 amide bonds. The molecule has 0 fully saturated rings. The minimum Gasteiger partial charge on any atom is -0.333 e. The van der Waals surface area contributed by atoms with Crippen molar-refractivity contribution >= 4 is 34.2 Å². The molecule has 0 aliphatic heterocycles. The molecule has 174 valence electrons. The van der Waals surface area contributed by atoms with Crippen LogP contribution in [0.25, 0.3) is 33.9 Å². The number of pyridine rings is 2. The average Bonchev–Trinajstić information content (AvgIpc) is 3.33. The van der Waals surface area contributed by atoms with Crippen LogP contribution in [-0.4, -0.2) is 25.6 Å². The second-order valence-corrected chi connectivity index (χ2v) is 8.25. The van der Waals surface area contributed by atoms with Gasteiger partial charge in [-0.2, -0.15) is 4.98 Å². The average molecular weight is 490 g/mol. The summed E-state index contributed by atoms with van der Waals surface area (Å²) in [5, 5.41) is 7.55. The smallest absolute Gasteiger partial charge is 0.263 e. The van der Waals surface area contributed by atoms with E-state index in [4.69, 9.17) is 16.1 Å². The Hall–Kier alpha value is -4.37. The number of aromatic nitrogens is 4. The molecular formula is C25H17ClFN5O3. The zero-order valence-corrected chi connectivity index (χ0v) is 19.1. The molecular weight excluding hydrogens is 473 g/mol. The standard InChI is InChI=1S/C25H17ClFN5O3/c1-14-2-11-19-22(34)20(25-30-23(31-35-25)15-3-5-16(26)6-4-15)12-32(24(19)28-14)13-21(33)29-18-9-7-17(27)8-10-18/h2-12H,13H2,1H3,(H,29,33). The lowest BCUT2D eigenvalue weighted by atomic mass is 10.1. The first-order chi connectivity index (χ1) is 16.9. The lowest BCUT2D eigenvalue weighted by molar-refractivity contribution is -0.116. The van der Waals surface area contributed by atoms with Crippen molar-refractivity contribution in [1.29, 1.82) is 0 Å². The van der Waals surface area contributed by atoms with Gasteiger partial charge in [-0.1, -0.05) is 16.8 Å². The molecule has 0 bridgehead atoms. The fraction of sp³-hybridized carbons (Fsp3) is 0.0800. The van der Waals surface area contributed by atoms with Crippen LogP contribution in [0.3, 0.4) is 0 Å². The topological polar surface area (TPSA) is 103 Å². The molecule has 0 spiro atoms. The molecule has 0 radical (unpaired) electrons. The molecule has 5 aromatic rings. The summed E-state index contributed by atoms with van der Waals surface area (Å²) in [5.41, 5.74) is 1.90. The highest BCUT2D eigenvalue weighted by Gasteiger charge is 2.19. The monoisotopic (exact) mass is 489 g/mol. The predicted octanol–water partition coefficient (Wildman–Crippen LogP) is 4.85. The number of carbonyl (C=O) groups excluding carboxylic acids is 1. The maximum atomic E-state index is 13.3. The molecule has 0 saturated heterocycles. The van der Waals surface area contributed by atoms with Gasteiger partial charge < -0.3 is 14.4 Å². The Balaban J connectivity index is 1.54. The van der Waals surface area contributed by atoms with Crippen molar-refractivity contribution < 1.29 is 13.7 Å². The van der Waals surface area contributed by atoms with E-state index in [1.165, 1.54) is 30.5 Å². The summed E-state index contributed by atoms with van der Waals surface area (Å²) >= 11 is 5.94. The molecule has 8 nitrogen and oxygen atoms in total. The Morgan fingerprint density at radius 3 is 2.54 bits per heavy atom. The zero-order chi connectivity index (χ0) is 24.5. The quantitative estimate of drug-likeness (QED) is 0.378. The molecule has 0 aliphatic rings. The number of nitrogens with zero attached hydrogens (tertiary/aromatic N) is 4. The summed E-state index contributed by atoms with van der Waals surface area (Å²) in [5.74, 6) is -0.492. The third-order valence-corrected chi connectivity index (χ3v) is 5.51. The molecule has 0 aliphatic carbocycles. The minimum absolute atomic E-state index is 0.00937. The van der Waals surface area contributed by atoms with Crippen molar-refractivity contribution in [3.63, 3.8) is 0 Å². The van der Waals surface area contributed by atoms with E-state index in [2.05, 4.69) is 20.4 Å². The summed E-state index contributed by atoms with van der Waals surface area (Å²) in [6.45, 7) is 1.63. The molecule has 0 atom stereocenters. The van der Waals surface area contributed by atoms with Crippen molar-refractivity contribution in [2.75, 3.05) is 5.32 Å². The van der Waals surface area contributed by atoms with Crippen molar-refractivity contribution in [3.05, 3.63) is 93.6 Å². The Morgan fingerprint density at radius 1 is 1.06 bits per heavy atom. The second-order valence-electron chi connectivity index (χ2n) is 7.81. The fourth-order valence-electron chi connectivity index (χ4n) is 3.57. The molecule has 5 rings (SSSR count). The van der Waals surface area contributed by atoms with Crippen LogP contribution in [0.15, 0.2) is 76.2 Å². The first kappa shape index (κ1) is 22.4. The summed E-state index contributed by atoms with van der Waals surface area (Å²) in [7, 11) is 0. The first-order valence-corrected chi connectivity index (χ1v) is 10.9. The largest absolute Gasteiger partial charge is 0.333 e. The number of aryl methyl sites for hydroxylation is 1. The predicted molar refractivity (Wildman–Crippen MR) is 130 cm³/mol. The molecule has 1 N–H and O–H groups in total. The number of hydrogen-bond acceptors (Lipinski definition) is 6. The highest BCUT2D eigenvalue weighted by atomic mass is 35.5. The van der Waals surface area contributed by atoms with Crippen LogP contribution in [0.2, 0.25) is 5.02 Å². The molecule has 2 aromatic carbocycles. The maximum Gasteiger partial charge on any atom is 0.263 e. The minimum atomic E-state index is -0.406. The van der Waals surface area contributed by atoms with E-state index in [0.29, 0.717) is 38.8 Å². The lowest BCUT2D eigenvalue weighted by Gasteiger charge is -2.12. The van der Waals surface area contributed by atoms with E-state index in [0.717, 1.165) is 0 Å². The van der Waals surface area contributed by atoms with Gasteiger partial charge in [0.15, 0.2) is 0 Å². The van der Waals surface area contributed by atoms with Crippen LogP contribution in [0.4, 0.5) is 10.1 Å². The van der Waals surface area contributed by atoms with E-state index in [-0.39, 0.29) is 29.3 Å². The third-order valence-electron chi connectivity index (χ3n) is 5.26. The van der Waals surface area contributed by atoms with Crippen LogP contribution in [-0.2, 0) is 11.3 Å². The Kier molecular flexibility index (Phi) is 5.84. The number of hydrogen-bond donors (Lipinski definition) is 1. The first-order valence-electron chi connectivity index (χ1n) is 10.5. The van der Waals surface area contributed by atoms with E-state index >= 15 is 0 Å². The number of benzene rings is 2. The van der Waals surface area contributed by atoms with E-state index in [1.807, 2.05) is 0 Å². The van der Waals surface area contributed by atoms with Gasteiger partial charge in [-0.05, 0) is 67.6 Å². The van der Waals surface area contributed by atoms with Gasteiger partial charge >= 0.3 is 0 Å². The van der Waals surface area contributed by atoms with Gasteiger partial charge in [0.1, 0.15) is 23.6 Å². The van der Waals surface area contributed by atoms with Crippen LogP contribution in [0.5, 0.6) is 0 Å². The molecule has 35 heavy (non-hydrogen) atoms. The number of carbonyl (C=O) groups is 1. The number of halogens is 2. The van der Waals surface area contributed by atoms with Gasteiger partial charge in [-0.25, -0.2) is 9.37 Å². The number of amides is 1. The fourth-order valence-corrected chi connectivity index (χ4v) is 3.70. The molecule has 3 heterocycles. The number of anilines is 1. The number of rotatable bonds is 5. The van der Waals surface area contributed by atoms with Gasteiger partial charge in [0.2, 0.25) is 17.2 Å².